The van der Waals surface area contributed by atoms with Crippen molar-refractivity contribution in [1.82, 2.24) is 10.6 Å². The number of rotatable bonds is 4. The van der Waals surface area contributed by atoms with Gasteiger partial charge in [0.15, 0.2) is 0 Å². The Labute approximate surface area is 94.0 Å². The highest BCUT2D eigenvalue weighted by atomic mass is 16.4. The van der Waals surface area contributed by atoms with Crippen molar-refractivity contribution in [3.63, 3.8) is 0 Å². The molecule has 0 aliphatic carbocycles. The van der Waals surface area contributed by atoms with Crippen molar-refractivity contribution in [2.45, 2.75) is 37.8 Å². The number of aliphatic hydroxyl groups excluding tert-OH is 1. The summed E-state index contributed by atoms with van der Waals surface area (Å²) in [5.41, 5.74) is -0.721. The second-order valence-electron chi connectivity index (χ2n) is 4.26. The van der Waals surface area contributed by atoms with Crippen LogP contribution in [0, 0.1) is 0 Å². The fourth-order valence-electron chi connectivity index (χ4n) is 1.75. The van der Waals surface area contributed by atoms with Gasteiger partial charge in [0.2, 0.25) is 5.91 Å². The third-order valence-electron chi connectivity index (χ3n) is 2.91. The normalized spacial score (nSPS) is 27.1. The second kappa shape index (κ2) is 5.27. The average molecular weight is 230 g/mol. The lowest BCUT2D eigenvalue weighted by atomic mass is 9.90. The van der Waals surface area contributed by atoms with E-state index >= 15 is 0 Å². The molecule has 1 unspecified atom stereocenters. The number of aliphatic hydroxyl groups is 1. The van der Waals surface area contributed by atoms with Crippen LogP contribution in [0.25, 0.3) is 0 Å². The summed E-state index contributed by atoms with van der Waals surface area (Å²) in [6.07, 6.45) is 2.63. The first kappa shape index (κ1) is 12.9. The monoisotopic (exact) mass is 230 g/mol. The van der Waals surface area contributed by atoms with Crippen LogP contribution >= 0.6 is 0 Å². The Morgan fingerprint density at radius 1 is 1.50 bits per heavy atom. The van der Waals surface area contributed by atoms with E-state index in [1.54, 1.807) is 6.92 Å². The van der Waals surface area contributed by atoms with Gasteiger partial charge < -0.3 is 20.8 Å². The molecule has 0 radical (unpaired) electrons. The van der Waals surface area contributed by atoms with E-state index in [1.165, 1.54) is 0 Å². The van der Waals surface area contributed by atoms with Gasteiger partial charge in [0, 0.05) is 0 Å². The van der Waals surface area contributed by atoms with Crippen molar-refractivity contribution in [2.75, 3.05) is 13.2 Å². The molecule has 2 atom stereocenters. The number of amides is 1. The van der Waals surface area contributed by atoms with E-state index in [0.717, 1.165) is 19.4 Å². The Morgan fingerprint density at radius 3 is 2.62 bits per heavy atom. The molecule has 1 amide bonds. The number of aliphatic carboxylic acids is 1. The molecule has 0 saturated carbocycles. The summed E-state index contributed by atoms with van der Waals surface area (Å²) in [4.78, 5) is 22.5. The van der Waals surface area contributed by atoms with Crippen LogP contribution in [0.2, 0.25) is 0 Å². The molecule has 6 nitrogen and oxygen atoms in total. The Morgan fingerprint density at radius 2 is 2.19 bits per heavy atom. The van der Waals surface area contributed by atoms with Gasteiger partial charge in [-0.15, -0.1) is 0 Å². The summed E-state index contributed by atoms with van der Waals surface area (Å²) >= 11 is 0. The maximum atomic E-state index is 11.8. The molecule has 0 bridgehead atoms. The minimum absolute atomic E-state index is 0.367. The molecule has 4 N–H and O–H groups in total. The highest BCUT2D eigenvalue weighted by Gasteiger charge is 2.36. The van der Waals surface area contributed by atoms with Crippen LogP contribution in [0.15, 0.2) is 0 Å². The predicted molar refractivity (Wildman–Crippen MR) is 56.9 cm³/mol. The summed E-state index contributed by atoms with van der Waals surface area (Å²) in [5, 5.41) is 22.9. The zero-order chi connectivity index (χ0) is 12.2. The van der Waals surface area contributed by atoms with Gasteiger partial charge in [-0.3, -0.25) is 4.79 Å². The first-order chi connectivity index (χ1) is 7.49. The molecule has 0 aromatic rings. The van der Waals surface area contributed by atoms with Gasteiger partial charge in [0.05, 0.1) is 12.1 Å². The van der Waals surface area contributed by atoms with Gasteiger partial charge in [-0.2, -0.15) is 0 Å². The van der Waals surface area contributed by atoms with Crippen LogP contribution in [0.5, 0.6) is 0 Å². The molecule has 92 valence electrons. The van der Waals surface area contributed by atoms with E-state index in [-0.39, 0.29) is 5.91 Å². The van der Waals surface area contributed by atoms with Crippen molar-refractivity contribution in [1.29, 1.82) is 0 Å². The number of nitrogens with one attached hydrogen (secondary N) is 2. The smallest absolute Gasteiger partial charge is 0.328 e. The molecule has 0 aromatic carbocycles. The van der Waals surface area contributed by atoms with Gasteiger partial charge in [0.1, 0.15) is 6.04 Å². The van der Waals surface area contributed by atoms with Gasteiger partial charge in [-0.1, -0.05) is 0 Å². The van der Waals surface area contributed by atoms with E-state index in [0.29, 0.717) is 6.42 Å². The number of hydrogen-bond acceptors (Lipinski definition) is 4. The molecule has 1 aliphatic heterocycles. The molecule has 1 saturated heterocycles. The van der Waals surface area contributed by atoms with Gasteiger partial charge in [0.25, 0.3) is 0 Å². The molecule has 1 aliphatic rings. The van der Waals surface area contributed by atoms with E-state index in [4.69, 9.17) is 10.2 Å². The number of hydrogen-bond donors (Lipinski definition) is 4. The topological polar surface area (TPSA) is 98.7 Å². The molecule has 1 fully saturated rings. The predicted octanol–water partition coefficient (Wildman–Crippen LogP) is -0.920. The number of carbonyl (C=O) groups excluding carboxylic acids is 1. The standard InChI is InChI=1S/C10H18N2O4/c1-10(4-2-3-5-11-10)9(16)12-7(6-13)8(14)15/h7,11,13H,2-6H2,1H3,(H,12,16)(H,14,15)/t7-,10?/m0/s1. The van der Waals surface area contributed by atoms with Crippen LogP contribution in [0.1, 0.15) is 26.2 Å². The molecule has 0 aromatic heterocycles. The maximum absolute atomic E-state index is 11.8. The first-order valence-corrected chi connectivity index (χ1v) is 5.39. The Bertz CT molecular complexity index is 274. The van der Waals surface area contributed by atoms with Gasteiger partial charge in [-0.25, -0.2) is 4.79 Å². The van der Waals surface area contributed by atoms with Crippen LogP contribution in [0.4, 0.5) is 0 Å². The largest absolute Gasteiger partial charge is 0.480 e. The van der Waals surface area contributed by atoms with Gasteiger partial charge >= 0.3 is 5.97 Å². The van der Waals surface area contributed by atoms with Crippen LogP contribution in [0.3, 0.4) is 0 Å². The fraction of sp³-hybridized carbons (Fsp3) is 0.800. The SMILES string of the molecule is CC1(C(=O)N[C@@H](CO)C(=O)O)CCCCN1. The van der Waals surface area contributed by atoms with E-state index < -0.39 is 24.2 Å². The molecule has 6 heteroatoms. The number of piperidine rings is 1. The Hall–Kier alpha value is -1.14. The number of carboxylic acid groups (broad SMARTS) is 1. The molecule has 1 rings (SSSR count). The van der Waals surface area contributed by atoms with Crippen molar-refractivity contribution in [3.8, 4) is 0 Å². The third-order valence-corrected chi connectivity index (χ3v) is 2.91. The fourth-order valence-corrected chi connectivity index (χ4v) is 1.75. The van der Waals surface area contributed by atoms with Crippen molar-refractivity contribution in [2.24, 2.45) is 0 Å². The van der Waals surface area contributed by atoms with Crippen LogP contribution < -0.4 is 10.6 Å². The quantitative estimate of drug-likeness (QED) is 0.500. The van der Waals surface area contributed by atoms with Crippen LogP contribution in [-0.4, -0.2) is 46.8 Å². The molecule has 0 spiro atoms. The van der Waals surface area contributed by atoms with E-state index in [9.17, 15) is 9.59 Å². The summed E-state index contributed by atoms with van der Waals surface area (Å²) in [6, 6.07) is -1.23. The minimum atomic E-state index is -1.23. The lowest BCUT2D eigenvalue weighted by molar-refractivity contribution is -0.144. The Kier molecular flexibility index (Phi) is 4.26. The highest BCUT2D eigenvalue weighted by molar-refractivity contribution is 5.89. The lowest BCUT2D eigenvalue weighted by Gasteiger charge is -2.34. The molecule has 16 heavy (non-hydrogen) atoms. The zero-order valence-corrected chi connectivity index (χ0v) is 9.32. The first-order valence-electron chi connectivity index (χ1n) is 5.39. The van der Waals surface area contributed by atoms with Gasteiger partial charge in [-0.05, 0) is 32.7 Å². The van der Waals surface area contributed by atoms with E-state index in [2.05, 4.69) is 10.6 Å². The van der Waals surface area contributed by atoms with Crippen molar-refractivity contribution < 1.29 is 19.8 Å². The van der Waals surface area contributed by atoms with Crippen molar-refractivity contribution >= 4 is 11.9 Å². The molecule has 1 heterocycles. The molecular weight excluding hydrogens is 212 g/mol. The van der Waals surface area contributed by atoms with Crippen LogP contribution in [-0.2, 0) is 9.59 Å². The van der Waals surface area contributed by atoms with E-state index in [1.807, 2.05) is 0 Å². The minimum Gasteiger partial charge on any atom is -0.480 e. The van der Waals surface area contributed by atoms with Crippen molar-refractivity contribution in [3.05, 3.63) is 0 Å². The summed E-state index contributed by atoms with van der Waals surface area (Å²) < 4.78 is 0. The lowest BCUT2D eigenvalue weighted by Crippen LogP contribution is -2.60. The Balaban J connectivity index is 2.59. The zero-order valence-electron chi connectivity index (χ0n) is 9.32. The summed E-state index contributed by atoms with van der Waals surface area (Å²) in [5.74, 6) is -1.59. The maximum Gasteiger partial charge on any atom is 0.328 e. The second-order valence-corrected chi connectivity index (χ2v) is 4.26. The highest BCUT2D eigenvalue weighted by Crippen LogP contribution is 2.18. The summed E-state index contributed by atoms with van der Waals surface area (Å²) in [6.45, 7) is 1.90. The number of carbonyl (C=O) groups is 2. The third kappa shape index (κ3) is 2.93. The summed E-state index contributed by atoms with van der Waals surface area (Å²) in [7, 11) is 0. The number of carboxylic acids is 1. The average Bonchev–Trinajstić information content (AvgIpc) is 2.26. The molecular formula is C10H18N2O4.